The Labute approximate surface area is 207 Å². The van der Waals surface area contributed by atoms with Crippen LogP contribution in [-0.4, -0.2) is 63.1 Å². The Balaban J connectivity index is 1.40. The number of piperazine rings is 1. The molecule has 3 heterocycles. The van der Waals surface area contributed by atoms with Gasteiger partial charge in [0.2, 0.25) is 5.91 Å². The van der Waals surface area contributed by atoms with Gasteiger partial charge in [0.1, 0.15) is 0 Å². The number of amides is 2. The molecule has 0 saturated carbocycles. The summed E-state index contributed by atoms with van der Waals surface area (Å²) in [7, 11) is 0. The lowest BCUT2D eigenvalue weighted by atomic mass is 10.2. The summed E-state index contributed by atoms with van der Waals surface area (Å²) in [4.78, 5) is 47.7. The number of benzene rings is 1. The van der Waals surface area contributed by atoms with E-state index in [1.54, 1.807) is 9.47 Å². The molecule has 1 saturated heterocycles. The molecule has 1 aliphatic heterocycles. The van der Waals surface area contributed by atoms with Crippen LogP contribution in [0.1, 0.15) is 42.3 Å². The number of nitrogens with zero attached hydrogens (tertiary/aromatic N) is 4. The second kappa shape index (κ2) is 11.7. The van der Waals surface area contributed by atoms with Gasteiger partial charge in [-0.2, -0.15) is 0 Å². The van der Waals surface area contributed by atoms with Crippen molar-refractivity contribution in [2.45, 2.75) is 44.3 Å². The fourth-order valence-corrected chi connectivity index (χ4v) is 5.70. The number of fused-ring (bicyclic) bond motifs is 1. The zero-order chi connectivity index (χ0) is 23.9. The van der Waals surface area contributed by atoms with Gasteiger partial charge in [-0.1, -0.05) is 56.1 Å². The van der Waals surface area contributed by atoms with E-state index < -0.39 is 0 Å². The maximum absolute atomic E-state index is 13.1. The van der Waals surface area contributed by atoms with Crippen LogP contribution in [0.15, 0.2) is 51.7 Å². The van der Waals surface area contributed by atoms with Crippen LogP contribution >= 0.6 is 23.1 Å². The molecule has 0 spiro atoms. The molecule has 0 radical (unpaired) electrons. The van der Waals surface area contributed by atoms with Gasteiger partial charge in [-0.15, -0.1) is 11.3 Å². The number of thiophene rings is 1. The Morgan fingerprint density at radius 1 is 1.00 bits per heavy atom. The number of rotatable bonds is 9. The summed E-state index contributed by atoms with van der Waals surface area (Å²) in [5, 5.41) is 3.11. The molecule has 34 heavy (non-hydrogen) atoms. The molecule has 180 valence electrons. The minimum atomic E-state index is -0.0437. The van der Waals surface area contributed by atoms with Crippen molar-refractivity contribution in [2.75, 3.05) is 31.9 Å². The Bertz CT molecular complexity index is 1180. The van der Waals surface area contributed by atoms with Gasteiger partial charge in [-0.3, -0.25) is 19.0 Å². The van der Waals surface area contributed by atoms with Crippen LogP contribution in [0.4, 0.5) is 0 Å². The number of unbranched alkanes of at least 4 members (excludes halogenated alkanes) is 3. The zero-order valence-electron chi connectivity index (χ0n) is 19.4. The van der Waals surface area contributed by atoms with Gasteiger partial charge in [0.05, 0.1) is 21.5 Å². The fraction of sp³-hybridized carbons (Fsp3) is 0.440. The van der Waals surface area contributed by atoms with Gasteiger partial charge in [0.25, 0.3) is 11.5 Å². The van der Waals surface area contributed by atoms with Crippen molar-refractivity contribution in [1.29, 1.82) is 0 Å². The molecule has 1 aliphatic rings. The maximum atomic E-state index is 13.1. The molecule has 0 aliphatic carbocycles. The molecule has 1 aromatic carbocycles. The lowest BCUT2D eigenvalue weighted by Gasteiger charge is -2.34. The molecule has 2 aromatic heterocycles. The number of hydrogen-bond donors (Lipinski definition) is 0. The largest absolute Gasteiger partial charge is 0.338 e. The van der Waals surface area contributed by atoms with E-state index in [2.05, 4.69) is 6.92 Å². The van der Waals surface area contributed by atoms with E-state index in [0.29, 0.717) is 48.8 Å². The number of carbonyl (C=O) groups excluding carboxylic acids is 2. The number of para-hydroxylation sites is 1. The minimum Gasteiger partial charge on any atom is -0.338 e. The summed E-state index contributed by atoms with van der Waals surface area (Å²) in [6.07, 6.45) is 4.24. The summed E-state index contributed by atoms with van der Waals surface area (Å²) in [6, 6.07) is 11.1. The van der Waals surface area contributed by atoms with Crippen LogP contribution in [-0.2, 0) is 11.3 Å². The van der Waals surface area contributed by atoms with E-state index in [0.717, 1.165) is 30.6 Å². The van der Waals surface area contributed by atoms with Crippen molar-refractivity contribution < 1.29 is 9.59 Å². The molecular weight excluding hydrogens is 468 g/mol. The van der Waals surface area contributed by atoms with Gasteiger partial charge in [0.15, 0.2) is 5.16 Å². The van der Waals surface area contributed by atoms with E-state index in [-0.39, 0.29) is 23.1 Å². The number of thioether (sulfide) groups is 1. The molecular formula is C25H30N4O3S2. The molecule has 0 N–H and O–H groups in total. The van der Waals surface area contributed by atoms with E-state index in [9.17, 15) is 14.4 Å². The van der Waals surface area contributed by atoms with Crippen molar-refractivity contribution in [3.63, 3.8) is 0 Å². The Morgan fingerprint density at radius 2 is 1.76 bits per heavy atom. The Hall–Kier alpha value is -2.65. The van der Waals surface area contributed by atoms with Crippen LogP contribution in [0.3, 0.4) is 0 Å². The van der Waals surface area contributed by atoms with Crippen LogP contribution in [0.25, 0.3) is 10.9 Å². The fourth-order valence-electron chi connectivity index (χ4n) is 4.08. The normalized spacial score (nSPS) is 14.0. The highest BCUT2D eigenvalue weighted by atomic mass is 32.2. The second-order valence-corrected chi connectivity index (χ2v) is 10.3. The standard InChI is InChI=1S/C25H30N4O3S2/c1-2-3-4-7-12-29-23(31)19-9-5-6-10-20(19)26-25(29)34-18-22(30)27-13-15-28(16-14-27)24(32)21-11-8-17-33-21/h5-6,8-11,17H,2-4,7,12-16,18H2,1H3. The predicted octanol–water partition coefficient (Wildman–Crippen LogP) is 4.12. The minimum absolute atomic E-state index is 0.00756. The quantitative estimate of drug-likeness (QED) is 0.252. The molecule has 1 fully saturated rings. The first kappa shape index (κ1) is 24.5. The Morgan fingerprint density at radius 3 is 2.50 bits per heavy atom. The number of carbonyl (C=O) groups is 2. The van der Waals surface area contributed by atoms with Crippen LogP contribution in [0.2, 0.25) is 0 Å². The third-order valence-electron chi connectivity index (χ3n) is 6.04. The van der Waals surface area contributed by atoms with Crippen molar-refractivity contribution >= 4 is 45.8 Å². The summed E-state index contributed by atoms with van der Waals surface area (Å²) < 4.78 is 1.73. The summed E-state index contributed by atoms with van der Waals surface area (Å²) >= 11 is 2.77. The van der Waals surface area contributed by atoms with Crippen molar-refractivity contribution in [3.8, 4) is 0 Å². The average molecular weight is 499 g/mol. The van der Waals surface area contributed by atoms with Gasteiger partial charge >= 0.3 is 0 Å². The molecule has 0 bridgehead atoms. The SMILES string of the molecule is CCCCCCn1c(SCC(=O)N2CCN(C(=O)c3cccs3)CC2)nc2ccccc2c1=O. The monoisotopic (exact) mass is 498 g/mol. The van der Waals surface area contributed by atoms with Gasteiger partial charge in [0, 0.05) is 32.7 Å². The van der Waals surface area contributed by atoms with Gasteiger partial charge < -0.3 is 9.80 Å². The van der Waals surface area contributed by atoms with E-state index >= 15 is 0 Å². The third-order valence-corrected chi connectivity index (χ3v) is 7.86. The Kier molecular flexibility index (Phi) is 8.39. The number of hydrogen-bond acceptors (Lipinski definition) is 6. The topological polar surface area (TPSA) is 75.5 Å². The summed E-state index contributed by atoms with van der Waals surface area (Å²) in [5.74, 6) is 0.260. The highest BCUT2D eigenvalue weighted by Crippen LogP contribution is 2.20. The van der Waals surface area contributed by atoms with E-state index in [4.69, 9.17) is 4.98 Å². The van der Waals surface area contributed by atoms with Crippen molar-refractivity contribution in [1.82, 2.24) is 19.4 Å². The highest BCUT2D eigenvalue weighted by Gasteiger charge is 2.25. The number of aromatic nitrogens is 2. The third kappa shape index (κ3) is 5.70. The first-order chi connectivity index (χ1) is 16.6. The van der Waals surface area contributed by atoms with Crippen LogP contribution in [0.5, 0.6) is 0 Å². The average Bonchev–Trinajstić information content (AvgIpc) is 3.41. The molecule has 2 amide bonds. The maximum Gasteiger partial charge on any atom is 0.264 e. The predicted molar refractivity (Wildman–Crippen MR) is 138 cm³/mol. The summed E-state index contributed by atoms with van der Waals surface area (Å²) in [6.45, 7) is 4.87. The van der Waals surface area contributed by atoms with Gasteiger partial charge in [-0.25, -0.2) is 4.98 Å². The van der Waals surface area contributed by atoms with E-state index in [1.165, 1.54) is 23.1 Å². The molecule has 9 heteroatoms. The first-order valence-electron chi connectivity index (χ1n) is 11.8. The summed E-state index contributed by atoms with van der Waals surface area (Å²) in [5.41, 5.74) is 0.616. The molecule has 0 unspecified atom stereocenters. The second-order valence-electron chi connectivity index (χ2n) is 8.37. The molecule has 4 rings (SSSR count). The van der Waals surface area contributed by atoms with Crippen molar-refractivity contribution in [3.05, 3.63) is 57.0 Å². The van der Waals surface area contributed by atoms with Gasteiger partial charge in [-0.05, 0) is 30.0 Å². The molecule has 0 atom stereocenters. The van der Waals surface area contributed by atoms with Crippen LogP contribution in [0, 0.1) is 0 Å². The molecule has 7 nitrogen and oxygen atoms in total. The lowest BCUT2D eigenvalue weighted by Crippen LogP contribution is -2.51. The first-order valence-corrected chi connectivity index (χ1v) is 13.7. The lowest BCUT2D eigenvalue weighted by molar-refractivity contribution is -0.129. The van der Waals surface area contributed by atoms with Crippen molar-refractivity contribution in [2.24, 2.45) is 0 Å². The molecule has 3 aromatic rings. The van der Waals surface area contributed by atoms with E-state index in [1.807, 2.05) is 46.7 Å². The van der Waals surface area contributed by atoms with Crippen LogP contribution < -0.4 is 5.56 Å². The zero-order valence-corrected chi connectivity index (χ0v) is 21.1. The smallest absolute Gasteiger partial charge is 0.264 e. The highest BCUT2D eigenvalue weighted by molar-refractivity contribution is 7.99.